The van der Waals surface area contributed by atoms with Crippen molar-refractivity contribution >= 4 is 34.6 Å². The summed E-state index contributed by atoms with van der Waals surface area (Å²) in [6.45, 7) is 2.01. The van der Waals surface area contributed by atoms with Crippen LogP contribution in [0, 0.1) is 69.5 Å². The molecule has 2 aliphatic rings. The minimum Gasteiger partial charge on any atom is -0.388 e. The molecule has 0 heterocycles. The van der Waals surface area contributed by atoms with Crippen LogP contribution in [0.3, 0.4) is 0 Å². The van der Waals surface area contributed by atoms with Crippen molar-refractivity contribution in [2.75, 3.05) is 0 Å². The Morgan fingerprint density at radius 1 is 0.634 bits per heavy atom. The Morgan fingerprint density at radius 3 is 1.71 bits per heavy atom. The minimum atomic E-state index is -1.37. The van der Waals surface area contributed by atoms with Crippen molar-refractivity contribution in [3.63, 3.8) is 0 Å². The second kappa shape index (κ2) is 16.0. The predicted molar refractivity (Wildman–Crippen MR) is 169 cm³/mol. The smallest absolute Gasteiger partial charge is 0.388 e. The molecule has 204 valence electrons. The van der Waals surface area contributed by atoms with Gasteiger partial charge in [-0.15, -0.1) is 0 Å². The van der Waals surface area contributed by atoms with Gasteiger partial charge >= 0.3 is 17.1 Å². The predicted octanol–water partition coefficient (Wildman–Crippen LogP) is 6.35. The molecule has 0 aromatic heterocycles. The third-order valence-electron chi connectivity index (χ3n) is 6.59. The summed E-state index contributed by atoms with van der Waals surface area (Å²) < 4.78 is 13.4. The molecule has 6 rings (SSSR count). The van der Waals surface area contributed by atoms with E-state index in [1.807, 2.05) is 113 Å². The molecule has 1 N–H and O–H groups in total. The second-order valence-corrected chi connectivity index (χ2v) is 13.0. The van der Waals surface area contributed by atoms with Crippen molar-refractivity contribution in [1.82, 2.24) is 0 Å². The van der Waals surface area contributed by atoms with E-state index in [1.165, 1.54) is 10.6 Å². The van der Waals surface area contributed by atoms with Crippen LogP contribution in [-0.2, 0) is 27.9 Å². The van der Waals surface area contributed by atoms with E-state index in [-0.39, 0.29) is 17.1 Å². The summed E-state index contributed by atoms with van der Waals surface area (Å²) in [7, 11) is -2.26. The Kier molecular flexibility index (Phi) is 12.4. The third-order valence-corrected chi connectivity index (χ3v) is 10.6. The van der Waals surface area contributed by atoms with E-state index >= 15 is 0 Å². The monoisotopic (exact) mass is 614 g/mol. The molecule has 4 aromatic carbocycles. The van der Waals surface area contributed by atoms with Crippen LogP contribution in [0.15, 0.2) is 114 Å². The molecule has 0 aliphatic heterocycles. The summed E-state index contributed by atoms with van der Waals surface area (Å²) in [6.07, 6.45) is 14.7. The summed E-state index contributed by atoms with van der Waals surface area (Å²) >= 11 is 0. The average molecular weight is 615 g/mol. The first kappa shape index (κ1) is 31.9. The van der Waals surface area contributed by atoms with Gasteiger partial charge < -0.3 is 5.11 Å². The van der Waals surface area contributed by atoms with Gasteiger partial charge in [0.2, 0.25) is 0 Å². The number of aliphatic hydroxyl groups is 1. The fourth-order valence-corrected chi connectivity index (χ4v) is 8.31. The van der Waals surface area contributed by atoms with Crippen molar-refractivity contribution in [2.24, 2.45) is 0 Å². The zero-order chi connectivity index (χ0) is 27.7. The zero-order valence-electron chi connectivity index (χ0n) is 22.7. The van der Waals surface area contributed by atoms with Crippen LogP contribution in [0.2, 0.25) is 0 Å². The Labute approximate surface area is 260 Å². The quantitative estimate of drug-likeness (QED) is 0.195. The second-order valence-electron chi connectivity index (χ2n) is 9.36. The Hall–Kier alpha value is -2.06. The number of rotatable bonds is 7. The molecule has 0 amide bonds. The van der Waals surface area contributed by atoms with Crippen molar-refractivity contribution < 1.29 is 26.4 Å². The molecule has 0 bridgehead atoms. The molecule has 5 heteroatoms. The molecule has 2 aliphatic carbocycles. The molecule has 4 aromatic rings. The fourth-order valence-electron chi connectivity index (χ4n) is 4.59. The van der Waals surface area contributed by atoms with E-state index in [2.05, 4.69) is 54.6 Å². The van der Waals surface area contributed by atoms with E-state index in [9.17, 15) is 9.32 Å². The van der Waals surface area contributed by atoms with Crippen LogP contribution >= 0.6 is 7.92 Å². The SMILES string of the molecule is Cc1ccc([S@](=O)[C]2[CH][CH][CH][C]2[C@@H](O)c2ccccc2P(c2ccccc2)c2ccccc2)cc1.[CH]1[CH][CH][CH][CH]1.[Fe+2]. The van der Waals surface area contributed by atoms with Crippen LogP contribution in [0.1, 0.15) is 17.2 Å². The number of hydrogen-bond donors (Lipinski definition) is 1. The number of benzene rings is 4. The maximum atomic E-state index is 13.4. The van der Waals surface area contributed by atoms with Crippen LogP contribution in [0.25, 0.3) is 0 Å². The van der Waals surface area contributed by atoms with Gasteiger partial charge in [0.25, 0.3) is 0 Å². The molecule has 2 saturated carbocycles. The van der Waals surface area contributed by atoms with Gasteiger partial charge in [0.05, 0.1) is 22.2 Å². The molecular formula is C36H31FeO2PS+2. The number of aryl methyl sites for hydroxylation is 1. The fraction of sp³-hybridized carbons (Fsp3) is 0.0556. The molecule has 2 nitrogen and oxygen atoms in total. The Balaban J connectivity index is 0.000000584. The maximum Gasteiger partial charge on any atom is 2.00 e. The number of aliphatic hydroxyl groups excluding tert-OH is 1. The molecule has 41 heavy (non-hydrogen) atoms. The van der Waals surface area contributed by atoms with Gasteiger partial charge in [-0.1, -0.05) is 103 Å². The summed E-state index contributed by atoms with van der Waals surface area (Å²) in [5.41, 5.74) is 1.97. The summed E-state index contributed by atoms with van der Waals surface area (Å²) in [6, 6.07) is 36.7. The van der Waals surface area contributed by atoms with E-state index in [0.717, 1.165) is 21.3 Å². The zero-order valence-corrected chi connectivity index (χ0v) is 25.5. The molecule has 0 unspecified atom stereocenters. The summed E-state index contributed by atoms with van der Waals surface area (Å²) in [5, 5.41) is 15.9. The maximum absolute atomic E-state index is 13.4. The van der Waals surface area contributed by atoms with Crippen LogP contribution in [-0.4, -0.2) is 9.32 Å². The van der Waals surface area contributed by atoms with Crippen LogP contribution in [0.5, 0.6) is 0 Å². The first-order chi connectivity index (χ1) is 19.6. The van der Waals surface area contributed by atoms with Crippen molar-refractivity contribution in [3.05, 3.63) is 183 Å². The van der Waals surface area contributed by atoms with Crippen LogP contribution in [0.4, 0.5) is 0 Å². The molecular weight excluding hydrogens is 583 g/mol. The standard InChI is InChI=1S/C31H26O2PS.C5H5.Fe/c1-23-19-21-26(22-20-23)35(33)30-18-10-16-28(30)31(32)27-15-8-9-17-29(27)34(24-11-4-2-5-12-24)25-13-6-3-7-14-25;1-2-4-5-3-1;/h2-22,31-32H,1H3;1-5H;/q;;+2/t31-,35-;;/m0../s1. The van der Waals surface area contributed by atoms with E-state index < -0.39 is 24.8 Å². The largest absolute Gasteiger partial charge is 2.00 e. The molecule has 0 saturated heterocycles. The third kappa shape index (κ3) is 8.07. The Bertz CT molecular complexity index is 1310. The number of hydrogen-bond acceptors (Lipinski definition) is 2. The normalized spacial score (nSPS) is 17.0. The first-order valence-electron chi connectivity index (χ1n) is 13.2. The van der Waals surface area contributed by atoms with Gasteiger partial charge in [-0.2, -0.15) is 0 Å². The summed E-state index contributed by atoms with van der Waals surface area (Å²) in [4.78, 5) is 0.736. The average Bonchev–Trinajstić information content (AvgIpc) is 3.75. The molecule has 10 radical (unpaired) electrons. The van der Waals surface area contributed by atoms with Gasteiger partial charge in [0.15, 0.2) is 0 Å². The van der Waals surface area contributed by atoms with Crippen molar-refractivity contribution in [1.29, 1.82) is 0 Å². The van der Waals surface area contributed by atoms with E-state index in [0.29, 0.717) is 11.2 Å². The van der Waals surface area contributed by atoms with E-state index in [1.54, 1.807) is 0 Å². The summed E-state index contributed by atoms with van der Waals surface area (Å²) in [5.74, 6) is 0.687. The van der Waals surface area contributed by atoms with Gasteiger partial charge in [-0.25, -0.2) is 0 Å². The first-order valence-corrected chi connectivity index (χ1v) is 15.7. The van der Waals surface area contributed by atoms with Gasteiger partial charge in [-0.3, -0.25) is 4.21 Å². The van der Waals surface area contributed by atoms with Gasteiger partial charge in [-0.05, 0) is 99.8 Å². The van der Waals surface area contributed by atoms with Gasteiger partial charge in [0, 0.05) is 10.8 Å². The van der Waals surface area contributed by atoms with Gasteiger partial charge in [0.1, 0.15) is 0 Å². The van der Waals surface area contributed by atoms with Crippen molar-refractivity contribution in [3.8, 4) is 0 Å². The molecule has 0 spiro atoms. The van der Waals surface area contributed by atoms with Crippen molar-refractivity contribution in [2.45, 2.75) is 17.9 Å². The Morgan fingerprint density at radius 2 is 1.15 bits per heavy atom. The van der Waals surface area contributed by atoms with E-state index in [4.69, 9.17) is 0 Å². The minimum absolute atomic E-state index is 0. The van der Waals surface area contributed by atoms with Crippen LogP contribution < -0.4 is 15.9 Å². The molecule has 2 fully saturated rings. The topological polar surface area (TPSA) is 37.3 Å². The molecule has 2 atom stereocenters.